The van der Waals surface area contributed by atoms with Gasteiger partial charge in [0.15, 0.2) is 0 Å². The van der Waals surface area contributed by atoms with E-state index in [-0.39, 0.29) is 23.3 Å². The summed E-state index contributed by atoms with van der Waals surface area (Å²) in [6, 6.07) is 0. The maximum absolute atomic E-state index is 12.8. The van der Waals surface area contributed by atoms with Gasteiger partial charge in [0.25, 0.3) is 0 Å². The van der Waals surface area contributed by atoms with Crippen LogP contribution in [0.25, 0.3) is 0 Å². The molecule has 0 spiro atoms. The molecule has 0 N–H and O–H groups in total. The lowest BCUT2D eigenvalue weighted by Gasteiger charge is -2.32. The minimum absolute atomic E-state index is 0.0566. The first-order chi connectivity index (χ1) is 10.8. The summed E-state index contributed by atoms with van der Waals surface area (Å²) in [5.74, 6) is 0.699. The van der Waals surface area contributed by atoms with Crippen molar-refractivity contribution in [1.82, 2.24) is 19.8 Å². The number of hydrogen-bond donors (Lipinski definition) is 0. The van der Waals surface area contributed by atoms with Gasteiger partial charge >= 0.3 is 0 Å². The van der Waals surface area contributed by atoms with Crippen LogP contribution in [-0.4, -0.2) is 43.7 Å². The number of hydrogen-bond acceptors (Lipinski definition) is 4. The first kappa shape index (κ1) is 15.9. The van der Waals surface area contributed by atoms with Crippen molar-refractivity contribution < 1.29 is 9.59 Å². The molecule has 1 fully saturated rings. The Hall–Kier alpha value is -1.98. The molecule has 0 unspecified atom stereocenters. The van der Waals surface area contributed by atoms with Gasteiger partial charge in [-0.25, -0.2) is 9.97 Å². The van der Waals surface area contributed by atoms with E-state index in [1.807, 2.05) is 43.7 Å². The van der Waals surface area contributed by atoms with E-state index in [0.29, 0.717) is 26.1 Å². The lowest BCUT2D eigenvalue weighted by molar-refractivity contribution is -0.136. The summed E-state index contributed by atoms with van der Waals surface area (Å²) in [5.41, 5.74) is 1.73. The Labute approximate surface area is 136 Å². The van der Waals surface area contributed by atoms with Crippen molar-refractivity contribution in [2.75, 3.05) is 6.54 Å². The minimum Gasteiger partial charge on any atom is -0.337 e. The number of carbonyl (C=O) groups excluding carboxylic acids is 2. The van der Waals surface area contributed by atoms with Gasteiger partial charge in [0.1, 0.15) is 5.82 Å². The molecule has 0 bridgehead atoms. The summed E-state index contributed by atoms with van der Waals surface area (Å²) in [7, 11) is 0. The maximum Gasteiger partial charge on any atom is 0.228 e. The molecule has 6 heteroatoms. The SMILES string of the molecule is CCc1ncc2c(n1)CN(C(=O)[C@H]1CC(=O)N(C(C)(C)C)C1)C2. The molecule has 1 aromatic heterocycles. The number of aryl methyl sites for hydroxylation is 1. The van der Waals surface area contributed by atoms with Gasteiger partial charge in [0.2, 0.25) is 11.8 Å². The first-order valence-electron chi connectivity index (χ1n) is 8.22. The highest BCUT2D eigenvalue weighted by Gasteiger charge is 2.41. The third-order valence-electron chi connectivity index (χ3n) is 4.62. The van der Waals surface area contributed by atoms with Crippen LogP contribution in [0.4, 0.5) is 0 Å². The number of aromatic nitrogens is 2. The largest absolute Gasteiger partial charge is 0.337 e. The molecule has 23 heavy (non-hydrogen) atoms. The Morgan fingerprint density at radius 3 is 2.70 bits per heavy atom. The standard InChI is InChI=1S/C17H24N4O2/c1-5-14-18-7-12-8-20(10-13(12)19-14)16(23)11-6-15(22)21(9-11)17(2,3)4/h7,11H,5-6,8-10H2,1-4H3/t11-/m0/s1. The number of carbonyl (C=O) groups is 2. The summed E-state index contributed by atoms with van der Waals surface area (Å²) in [4.78, 5) is 37.4. The molecule has 3 rings (SSSR count). The molecule has 3 heterocycles. The van der Waals surface area contributed by atoms with Gasteiger partial charge in [-0.3, -0.25) is 9.59 Å². The van der Waals surface area contributed by atoms with Crippen molar-refractivity contribution in [2.45, 2.75) is 59.2 Å². The van der Waals surface area contributed by atoms with Crippen molar-refractivity contribution in [2.24, 2.45) is 5.92 Å². The van der Waals surface area contributed by atoms with Crippen LogP contribution < -0.4 is 0 Å². The molecule has 124 valence electrons. The first-order valence-corrected chi connectivity index (χ1v) is 8.22. The molecule has 6 nitrogen and oxygen atoms in total. The van der Waals surface area contributed by atoms with Gasteiger partial charge in [0, 0.05) is 43.2 Å². The fourth-order valence-corrected chi connectivity index (χ4v) is 3.30. The zero-order valence-corrected chi connectivity index (χ0v) is 14.3. The van der Waals surface area contributed by atoms with Gasteiger partial charge in [-0.1, -0.05) is 6.92 Å². The van der Waals surface area contributed by atoms with Crippen molar-refractivity contribution in [3.05, 3.63) is 23.3 Å². The minimum atomic E-state index is -0.241. The van der Waals surface area contributed by atoms with Crippen LogP contribution in [0.1, 0.15) is 51.2 Å². The zero-order chi connectivity index (χ0) is 16.8. The second-order valence-corrected chi connectivity index (χ2v) is 7.38. The molecular weight excluding hydrogens is 292 g/mol. The molecule has 1 aromatic rings. The van der Waals surface area contributed by atoms with E-state index >= 15 is 0 Å². The quantitative estimate of drug-likeness (QED) is 0.830. The Balaban J connectivity index is 1.70. The van der Waals surface area contributed by atoms with Gasteiger partial charge in [-0.2, -0.15) is 0 Å². The zero-order valence-electron chi connectivity index (χ0n) is 14.3. The summed E-state index contributed by atoms with van der Waals surface area (Å²) >= 11 is 0. The van der Waals surface area contributed by atoms with Gasteiger partial charge in [-0.05, 0) is 20.8 Å². The molecule has 2 aliphatic rings. The Morgan fingerprint density at radius 1 is 1.35 bits per heavy atom. The number of likely N-dealkylation sites (tertiary alicyclic amines) is 1. The second kappa shape index (κ2) is 5.58. The van der Waals surface area contributed by atoms with Crippen molar-refractivity contribution in [1.29, 1.82) is 0 Å². The number of fused-ring (bicyclic) bond motifs is 1. The van der Waals surface area contributed by atoms with E-state index in [0.717, 1.165) is 23.5 Å². The van der Waals surface area contributed by atoms with E-state index in [4.69, 9.17) is 0 Å². The number of rotatable bonds is 2. The van der Waals surface area contributed by atoms with Gasteiger partial charge in [-0.15, -0.1) is 0 Å². The van der Waals surface area contributed by atoms with Crippen LogP contribution >= 0.6 is 0 Å². The van der Waals surface area contributed by atoms with E-state index in [1.165, 1.54) is 0 Å². The Bertz CT molecular complexity index is 650. The second-order valence-electron chi connectivity index (χ2n) is 7.38. The van der Waals surface area contributed by atoms with E-state index in [9.17, 15) is 9.59 Å². The normalized spacial score (nSPS) is 21.0. The lowest BCUT2D eigenvalue weighted by atomic mass is 10.1. The van der Waals surface area contributed by atoms with Gasteiger partial charge < -0.3 is 9.80 Å². The molecule has 0 aromatic carbocycles. The van der Waals surface area contributed by atoms with Crippen molar-refractivity contribution in [3.63, 3.8) is 0 Å². The highest BCUT2D eigenvalue weighted by Crippen LogP contribution is 2.29. The molecule has 0 radical (unpaired) electrons. The van der Waals surface area contributed by atoms with Crippen molar-refractivity contribution >= 4 is 11.8 Å². The maximum atomic E-state index is 12.8. The van der Waals surface area contributed by atoms with Crippen LogP contribution in [0.15, 0.2) is 6.20 Å². The molecular formula is C17H24N4O2. The summed E-state index contributed by atoms with van der Waals surface area (Å²) in [5, 5.41) is 0. The predicted molar refractivity (Wildman–Crippen MR) is 85.2 cm³/mol. The third-order valence-corrected chi connectivity index (χ3v) is 4.62. The van der Waals surface area contributed by atoms with Crippen LogP contribution in [0, 0.1) is 5.92 Å². The van der Waals surface area contributed by atoms with E-state index < -0.39 is 0 Å². The summed E-state index contributed by atoms with van der Waals surface area (Å²) in [6.45, 7) is 9.63. The summed E-state index contributed by atoms with van der Waals surface area (Å²) in [6.07, 6.45) is 2.93. The monoisotopic (exact) mass is 316 g/mol. The smallest absolute Gasteiger partial charge is 0.228 e. The fourth-order valence-electron chi connectivity index (χ4n) is 3.30. The molecule has 2 aliphatic heterocycles. The molecule has 0 aliphatic carbocycles. The fraction of sp³-hybridized carbons (Fsp3) is 0.647. The highest BCUT2D eigenvalue weighted by atomic mass is 16.2. The molecule has 1 saturated heterocycles. The van der Waals surface area contributed by atoms with Crippen molar-refractivity contribution in [3.8, 4) is 0 Å². The van der Waals surface area contributed by atoms with Crippen LogP contribution in [0.2, 0.25) is 0 Å². The molecule has 2 amide bonds. The number of amides is 2. The summed E-state index contributed by atoms with van der Waals surface area (Å²) < 4.78 is 0. The van der Waals surface area contributed by atoms with Gasteiger partial charge in [0.05, 0.1) is 18.2 Å². The average molecular weight is 316 g/mol. The topological polar surface area (TPSA) is 66.4 Å². The van der Waals surface area contributed by atoms with Crippen LogP contribution in [0.5, 0.6) is 0 Å². The van der Waals surface area contributed by atoms with E-state index in [1.54, 1.807) is 0 Å². The van der Waals surface area contributed by atoms with Crippen LogP contribution in [-0.2, 0) is 29.1 Å². The third kappa shape index (κ3) is 2.94. The number of nitrogens with zero attached hydrogens (tertiary/aromatic N) is 4. The highest BCUT2D eigenvalue weighted by molar-refractivity contribution is 5.89. The van der Waals surface area contributed by atoms with E-state index in [2.05, 4.69) is 9.97 Å². The average Bonchev–Trinajstić information content (AvgIpc) is 3.08. The molecule has 0 saturated carbocycles. The lowest BCUT2D eigenvalue weighted by Crippen LogP contribution is -2.43. The molecule has 1 atom stereocenters. The Kier molecular flexibility index (Phi) is 3.86. The predicted octanol–water partition coefficient (Wildman–Crippen LogP) is 1.53. The Morgan fingerprint density at radius 2 is 2.09 bits per heavy atom. The van der Waals surface area contributed by atoms with Crippen LogP contribution in [0.3, 0.4) is 0 Å².